The predicted molar refractivity (Wildman–Crippen MR) is 142 cm³/mol. The molecule has 0 amide bonds. The van der Waals surface area contributed by atoms with Crippen LogP contribution in [0.3, 0.4) is 0 Å². The summed E-state index contributed by atoms with van der Waals surface area (Å²) in [5.74, 6) is 0.439. The van der Waals surface area contributed by atoms with Gasteiger partial charge in [-0.05, 0) is 56.5 Å². The molecular formula is C28H39N2O7S+. The summed E-state index contributed by atoms with van der Waals surface area (Å²) < 4.78 is 40.5. The van der Waals surface area contributed by atoms with Gasteiger partial charge in [0.2, 0.25) is 10.0 Å². The van der Waals surface area contributed by atoms with Crippen LogP contribution in [0.2, 0.25) is 0 Å². The summed E-state index contributed by atoms with van der Waals surface area (Å²) in [4.78, 5) is 14.2. The van der Waals surface area contributed by atoms with Crippen LogP contribution in [-0.2, 0) is 14.8 Å². The van der Waals surface area contributed by atoms with Crippen LogP contribution in [0, 0.1) is 13.8 Å². The van der Waals surface area contributed by atoms with Gasteiger partial charge in [-0.25, -0.2) is 8.42 Å². The zero-order valence-electron chi connectivity index (χ0n) is 22.4. The average Bonchev–Trinajstić information content (AvgIpc) is 2.84. The summed E-state index contributed by atoms with van der Waals surface area (Å²) in [5.41, 5.74) is 1.05. The number of sulfonamides is 1. The molecule has 0 aliphatic carbocycles. The number of piperidine rings is 1. The number of quaternary nitrogens is 1. The molecule has 1 unspecified atom stereocenters. The van der Waals surface area contributed by atoms with Gasteiger partial charge in [0.25, 0.3) is 0 Å². The number of rotatable bonds is 10. The van der Waals surface area contributed by atoms with Gasteiger partial charge < -0.3 is 24.6 Å². The number of aliphatic hydroxyl groups excluding tert-OH is 1. The number of aliphatic hydroxyl groups is 1. The normalized spacial score (nSPS) is 22.3. The fourth-order valence-electron chi connectivity index (χ4n) is 5.78. The molecule has 2 aliphatic rings. The number of hydrogen-bond donors (Lipinski definition) is 3. The first-order valence-corrected chi connectivity index (χ1v) is 14.7. The van der Waals surface area contributed by atoms with E-state index in [1.165, 1.54) is 16.4 Å². The zero-order valence-corrected chi connectivity index (χ0v) is 23.2. The smallest absolute Gasteiger partial charge is 0.243 e. The third kappa shape index (κ3) is 6.21. The fraction of sp³-hybridized carbons (Fsp3) is 0.536. The van der Waals surface area contributed by atoms with E-state index in [4.69, 9.17) is 9.47 Å². The van der Waals surface area contributed by atoms with Crippen molar-refractivity contribution in [2.24, 2.45) is 0 Å². The lowest BCUT2D eigenvalue weighted by Gasteiger charge is -2.43. The molecule has 10 heteroatoms. The molecule has 1 fully saturated rings. The summed E-state index contributed by atoms with van der Waals surface area (Å²) in [6.45, 7) is 7.85. The quantitative estimate of drug-likeness (QED) is 0.386. The van der Waals surface area contributed by atoms with Crippen molar-refractivity contribution >= 4 is 15.8 Å². The molecule has 3 N–H and O–H groups in total. The lowest BCUT2D eigenvalue weighted by Crippen LogP contribution is -3.16. The minimum atomic E-state index is -3.86. The maximum absolute atomic E-state index is 13.7. The second kappa shape index (κ2) is 11.7. The van der Waals surface area contributed by atoms with E-state index >= 15 is 0 Å². The number of aryl methyl sites for hydroxylation is 2. The van der Waals surface area contributed by atoms with Gasteiger partial charge in [-0.15, -0.1) is 0 Å². The molecule has 3 atom stereocenters. The number of phenolic OH excluding ortho intramolecular Hbond substituents is 1. The Balaban J connectivity index is 1.47. The van der Waals surface area contributed by atoms with Crippen molar-refractivity contribution in [2.45, 2.75) is 56.6 Å². The Morgan fingerprint density at radius 1 is 1.21 bits per heavy atom. The van der Waals surface area contributed by atoms with Gasteiger partial charge in [0.15, 0.2) is 11.4 Å². The molecule has 1 saturated heterocycles. The standard InChI is InChI=1S/C28H38N2O7S/c1-4-36-14-13-30(38(34,35)27-20(2)7-5-8-21(27)3)18-23(32)17-29-12-6-11-28(19-29)16-25(33)24-15-22(31)9-10-26(24)37-28/h5,7-10,15,23,31-32H,4,6,11-14,16-19H2,1-3H3/p+1/t23-,28+/m0/s1. The van der Waals surface area contributed by atoms with E-state index in [1.807, 2.05) is 13.0 Å². The SMILES string of the molecule is CCOCCN(C[C@@H](O)C[NH+]1CCC[C@@]2(CC(=O)c3cc(O)ccc3O2)C1)S(=O)(=O)c1c(C)cccc1C. The molecule has 0 radical (unpaired) electrons. The van der Waals surface area contributed by atoms with Crippen molar-refractivity contribution in [1.29, 1.82) is 0 Å². The summed E-state index contributed by atoms with van der Waals surface area (Å²) in [5, 5.41) is 20.9. The molecule has 9 nitrogen and oxygen atoms in total. The van der Waals surface area contributed by atoms with E-state index in [2.05, 4.69) is 0 Å². The number of nitrogens with zero attached hydrogens (tertiary/aromatic N) is 1. The maximum atomic E-state index is 13.7. The van der Waals surface area contributed by atoms with Gasteiger partial charge in [0.1, 0.15) is 30.7 Å². The van der Waals surface area contributed by atoms with E-state index in [-0.39, 0.29) is 42.5 Å². The van der Waals surface area contributed by atoms with Crippen LogP contribution in [0.4, 0.5) is 0 Å². The molecule has 0 aromatic heterocycles. The molecule has 4 rings (SSSR count). The van der Waals surface area contributed by atoms with Crippen molar-refractivity contribution in [3.05, 3.63) is 53.1 Å². The van der Waals surface area contributed by atoms with Crippen LogP contribution >= 0.6 is 0 Å². The van der Waals surface area contributed by atoms with Gasteiger partial charge in [-0.3, -0.25) is 4.79 Å². The van der Waals surface area contributed by atoms with Gasteiger partial charge in [-0.1, -0.05) is 18.2 Å². The monoisotopic (exact) mass is 547 g/mol. The Hall–Kier alpha value is -2.50. The Morgan fingerprint density at radius 3 is 2.66 bits per heavy atom. The van der Waals surface area contributed by atoms with E-state index in [0.29, 0.717) is 42.1 Å². The molecule has 208 valence electrons. The van der Waals surface area contributed by atoms with Crippen LogP contribution in [0.5, 0.6) is 11.5 Å². The first-order valence-electron chi connectivity index (χ1n) is 13.3. The van der Waals surface area contributed by atoms with E-state index in [9.17, 15) is 23.4 Å². The van der Waals surface area contributed by atoms with Crippen molar-refractivity contribution in [3.63, 3.8) is 0 Å². The summed E-state index contributed by atoms with van der Waals surface area (Å²) in [6.07, 6.45) is 0.839. The third-order valence-corrected chi connectivity index (χ3v) is 9.61. The lowest BCUT2D eigenvalue weighted by atomic mass is 9.83. The molecule has 2 aromatic carbocycles. The van der Waals surface area contributed by atoms with Gasteiger partial charge in [-0.2, -0.15) is 4.31 Å². The highest BCUT2D eigenvalue weighted by Gasteiger charge is 2.46. The number of Topliss-reactive ketones (excluding diaryl/α,β-unsaturated/α-hetero) is 1. The second-order valence-corrected chi connectivity index (χ2v) is 12.4. The van der Waals surface area contributed by atoms with Gasteiger partial charge in [0.05, 0.1) is 30.0 Å². The molecule has 0 saturated carbocycles. The zero-order chi connectivity index (χ0) is 27.5. The number of phenols is 1. The highest BCUT2D eigenvalue weighted by Crippen LogP contribution is 2.37. The fourth-order valence-corrected chi connectivity index (χ4v) is 7.67. The van der Waals surface area contributed by atoms with Crippen molar-refractivity contribution < 1.29 is 37.8 Å². The van der Waals surface area contributed by atoms with Gasteiger partial charge in [0, 0.05) is 26.1 Å². The molecule has 2 heterocycles. The number of fused-ring (bicyclic) bond motifs is 1. The minimum Gasteiger partial charge on any atom is -0.508 e. The number of benzene rings is 2. The highest BCUT2D eigenvalue weighted by molar-refractivity contribution is 7.89. The summed E-state index contributed by atoms with van der Waals surface area (Å²) >= 11 is 0. The first kappa shape index (κ1) is 28.5. The van der Waals surface area contributed by atoms with Crippen LogP contribution in [-0.4, -0.2) is 86.4 Å². The number of ketones is 1. The van der Waals surface area contributed by atoms with Gasteiger partial charge >= 0.3 is 0 Å². The highest BCUT2D eigenvalue weighted by atomic mass is 32.2. The van der Waals surface area contributed by atoms with Crippen LogP contribution < -0.4 is 9.64 Å². The molecule has 0 bridgehead atoms. The number of nitrogens with one attached hydrogen (secondary N) is 1. The van der Waals surface area contributed by atoms with Crippen molar-refractivity contribution in [3.8, 4) is 11.5 Å². The lowest BCUT2D eigenvalue weighted by molar-refractivity contribution is -0.914. The molecule has 38 heavy (non-hydrogen) atoms. The molecule has 2 aliphatic heterocycles. The predicted octanol–water partition coefficient (Wildman–Crippen LogP) is 1.48. The Labute approximate surface area is 225 Å². The average molecular weight is 548 g/mol. The number of hydrogen-bond acceptors (Lipinski definition) is 7. The third-order valence-electron chi connectivity index (χ3n) is 7.44. The number of carbonyl (C=O) groups excluding carboxylic acids is 1. The summed E-state index contributed by atoms with van der Waals surface area (Å²) in [7, 11) is -3.86. The van der Waals surface area contributed by atoms with E-state index in [0.717, 1.165) is 24.3 Å². The van der Waals surface area contributed by atoms with E-state index in [1.54, 1.807) is 32.0 Å². The van der Waals surface area contributed by atoms with Crippen molar-refractivity contribution in [2.75, 3.05) is 45.9 Å². The summed E-state index contributed by atoms with van der Waals surface area (Å²) in [6, 6.07) is 9.96. The van der Waals surface area contributed by atoms with Crippen LogP contribution in [0.25, 0.3) is 0 Å². The van der Waals surface area contributed by atoms with E-state index < -0.39 is 21.7 Å². The van der Waals surface area contributed by atoms with Crippen molar-refractivity contribution in [1.82, 2.24) is 4.31 Å². The molecule has 1 spiro atoms. The molecular weight excluding hydrogens is 508 g/mol. The van der Waals surface area contributed by atoms with Crippen LogP contribution in [0.1, 0.15) is 47.7 Å². The minimum absolute atomic E-state index is 0.0281. The number of ether oxygens (including phenoxy) is 2. The number of carbonyl (C=O) groups is 1. The number of aromatic hydroxyl groups is 1. The number of likely N-dealkylation sites (tertiary alicyclic amines) is 1. The maximum Gasteiger partial charge on any atom is 0.243 e. The first-order chi connectivity index (χ1) is 18.0. The van der Waals surface area contributed by atoms with Crippen LogP contribution in [0.15, 0.2) is 41.3 Å². The Kier molecular flexibility index (Phi) is 8.78. The second-order valence-electron chi connectivity index (χ2n) is 10.5. The Bertz CT molecular complexity index is 1250. The molecule has 2 aromatic rings. The Morgan fingerprint density at radius 2 is 1.95 bits per heavy atom. The largest absolute Gasteiger partial charge is 0.508 e. The topological polar surface area (TPSA) is 118 Å².